The summed E-state index contributed by atoms with van der Waals surface area (Å²) < 4.78 is 44.7. The maximum absolute atomic E-state index is 14.5. The van der Waals surface area contributed by atoms with Crippen molar-refractivity contribution in [1.82, 2.24) is 14.9 Å². The zero-order valence-electron chi connectivity index (χ0n) is 20.2. The molecule has 2 heterocycles. The van der Waals surface area contributed by atoms with E-state index in [1.54, 1.807) is 24.3 Å². The van der Waals surface area contributed by atoms with Gasteiger partial charge in [0.05, 0.1) is 46.4 Å². The molecule has 1 fully saturated rings. The monoisotopic (exact) mass is 547 g/mol. The standard InChI is InChI=1S/C25H27ClFN5O4S/c1-36-21-10-9-20(26)22(23(21)27)24(33)30-18-15-28-25(29-16-18)31-17-5-7-19(8-6-17)37(34,35)14-4-13-32-11-2-3-12-32/h5-10,15-16H,2-4,11-14H2,1H3,(H,30,33)(H,28,29,31). The van der Waals surface area contributed by atoms with E-state index in [-0.39, 0.29) is 38.6 Å². The second kappa shape index (κ2) is 11.8. The summed E-state index contributed by atoms with van der Waals surface area (Å²) in [5.74, 6) is -1.42. The lowest BCUT2D eigenvalue weighted by Gasteiger charge is -2.14. The Morgan fingerprint density at radius 3 is 2.41 bits per heavy atom. The van der Waals surface area contributed by atoms with Gasteiger partial charge in [0.15, 0.2) is 21.4 Å². The summed E-state index contributed by atoms with van der Waals surface area (Å²) in [5, 5.41) is 5.41. The first kappa shape index (κ1) is 26.8. The molecule has 1 aliphatic heterocycles. The molecule has 0 bridgehead atoms. The minimum Gasteiger partial charge on any atom is -0.494 e. The average molecular weight is 548 g/mol. The lowest BCUT2D eigenvalue weighted by atomic mass is 10.2. The number of carbonyl (C=O) groups is 1. The fourth-order valence-electron chi connectivity index (χ4n) is 4.03. The van der Waals surface area contributed by atoms with Crippen LogP contribution >= 0.6 is 11.6 Å². The molecule has 9 nitrogen and oxygen atoms in total. The van der Waals surface area contributed by atoms with Crippen molar-refractivity contribution < 1.29 is 22.3 Å². The lowest BCUT2D eigenvalue weighted by molar-refractivity contribution is 0.102. The number of nitrogens with zero attached hydrogens (tertiary/aromatic N) is 3. The van der Waals surface area contributed by atoms with Crippen LogP contribution in [0.2, 0.25) is 5.02 Å². The van der Waals surface area contributed by atoms with E-state index < -0.39 is 21.6 Å². The van der Waals surface area contributed by atoms with Gasteiger partial charge in [0.25, 0.3) is 5.91 Å². The van der Waals surface area contributed by atoms with Crippen molar-refractivity contribution in [1.29, 1.82) is 0 Å². The Labute approximate surface area is 219 Å². The van der Waals surface area contributed by atoms with Crippen molar-refractivity contribution in [3.63, 3.8) is 0 Å². The Morgan fingerprint density at radius 2 is 1.76 bits per heavy atom. The molecule has 1 aromatic heterocycles. The molecule has 0 saturated carbocycles. The molecule has 0 spiro atoms. The van der Waals surface area contributed by atoms with E-state index in [4.69, 9.17) is 16.3 Å². The number of ether oxygens (including phenoxy) is 1. The van der Waals surface area contributed by atoms with E-state index in [2.05, 4.69) is 25.5 Å². The van der Waals surface area contributed by atoms with E-state index in [9.17, 15) is 17.6 Å². The van der Waals surface area contributed by atoms with Crippen LogP contribution in [0, 0.1) is 5.82 Å². The molecule has 1 amide bonds. The fraction of sp³-hybridized carbons (Fsp3) is 0.320. The lowest BCUT2D eigenvalue weighted by Crippen LogP contribution is -2.22. The number of methoxy groups -OCH3 is 1. The first-order chi connectivity index (χ1) is 17.8. The van der Waals surface area contributed by atoms with E-state index in [0.29, 0.717) is 12.1 Å². The third-order valence-electron chi connectivity index (χ3n) is 5.97. The van der Waals surface area contributed by atoms with Crippen molar-refractivity contribution in [2.75, 3.05) is 43.1 Å². The summed E-state index contributed by atoms with van der Waals surface area (Å²) in [7, 11) is -2.07. The number of amides is 1. The molecule has 37 heavy (non-hydrogen) atoms. The summed E-state index contributed by atoms with van der Waals surface area (Å²) in [6.07, 6.45) is 5.66. The van der Waals surface area contributed by atoms with Crippen LogP contribution in [-0.2, 0) is 9.84 Å². The number of hydrogen-bond donors (Lipinski definition) is 2. The van der Waals surface area contributed by atoms with Crippen LogP contribution in [0.15, 0.2) is 53.7 Å². The average Bonchev–Trinajstić information content (AvgIpc) is 3.39. The predicted octanol–water partition coefficient (Wildman–Crippen LogP) is 4.53. The van der Waals surface area contributed by atoms with Gasteiger partial charge in [-0.25, -0.2) is 22.8 Å². The van der Waals surface area contributed by atoms with Gasteiger partial charge in [-0.2, -0.15) is 0 Å². The second-order valence-electron chi connectivity index (χ2n) is 8.56. The molecule has 3 aromatic rings. The number of nitrogens with one attached hydrogen (secondary N) is 2. The number of rotatable bonds is 10. The maximum atomic E-state index is 14.5. The SMILES string of the molecule is COc1ccc(Cl)c(C(=O)Nc2cnc(Nc3ccc(S(=O)(=O)CCCN4CCCC4)cc3)nc2)c1F. The van der Waals surface area contributed by atoms with Crippen LogP contribution in [0.1, 0.15) is 29.6 Å². The van der Waals surface area contributed by atoms with Gasteiger partial charge < -0.3 is 20.3 Å². The molecule has 12 heteroatoms. The molecular formula is C25H27ClFN5O4S. The second-order valence-corrected chi connectivity index (χ2v) is 11.1. The number of likely N-dealkylation sites (tertiary alicyclic amines) is 1. The summed E-state index contributed by atoms with van der Waals surface area (Å²) in [6, 6.07) is 9.07. The minimum absolute atomic E-state index is 0.0629. The Kier molecular flexibility index (Phi) is 8.57. The fourth-order valence-corrected chi connectivity index (χ4v) is 5.55. The van der Waals surface area contributed by atoms with Crippen molar-refractivity contribution >= 4 is 44.7 Å². The maximum Gasteiger partial charge on any atom is 0.260 e. The summed E-state index contributed by atoms with van der Waals surface area (Å²) in [5.41, 5.74) is 0.469. The molecule has 0 radical (unpaired) electrons. The Bertz CT molecular complexity index is 1350. The molecule has 4 rings (SSSR count). The van der Waals surface area contributed by atoms with E-state index in [1.165, 1.54) is 44.5 Å². The molecule has 1 aliphatic rings. The summed E-state index contributed by atoms with van der Waals surface area (Å²) >= 11 is 5.99. The third-order valence-corrected chi connectivity index (χ3v) is 8.10. The zero-order valence-corrected chi connectivity index (χ0v) is 21.8. The number of carbonyl (C=O) groups excluding carboxylic acids is 1. The Morgan fingerprint density at radius 1 is 1.08 bits per heavy atom. The van der Waals surface area contributed by atoms with Gasteiger partial charge in [-0.05, 0) is 75.3 Å². The quantitative estimate of drug-likeness (QED) is 0.380. The van der Waals surface area contributed by atoms with Gasteiger partial charge in [-0.15, -0.1) is 0 Å². The van der Waals surface area contributed by atoms with E-state index >= 15 is 0 Å². The molecule has 0 unspecified atom stereocenters. The molecule has 0 atom stereocenters. The van der Waals surface area contributed by atoms with Gasteiger partial charge in [-0.3, -0.25) is 4.79 Å². The topological polar surface area (TPSA) is 114 Å². The number of halogens is 2. The van der Waals surface area contributed by atoms with Crippen molar-refractivity contribution in [2.45, 2.75) is 24.2 Å². The van der Waals surface area contributed by atoms with Crippen molar-refractivity contribution in [3.05, 3.63) is 65.2 Å². The highest BCUT2D eigenvalue weighted by Gasteiger charge is 2.21. The van der Waals surface area contributed by atoms with Crippen LogP contribution in [0.4, 0.5) is 21.7 Å². The van der Waals surface area contributed by atoms with Gasteiger partial charge in [0.1, 0.15) is 0 Å². The van der Waals surface area contributed by atoms with Crippen LogP contribution < -0.4 is 15.4 Å². The van der Waals surface area contributed by atoms with Crippen LogP contribution in [0.25, 0.3) is 0 Å². The minimum atomic E-state index is -3.36. The molecule has 1 saturated heterocycles. The van der Waals surface area contributed by atoms with Crippen molar-refractivity contribution in [2.24, 2.45) is 0 Å². The van der Waals surface area contributed by atoms with Crippen LogP contribution in [-0.4, -0.2) is 61.7 Å². The number of anilines is 3. The highest BCUT2D eigenvalue weighted by molar-refractivity contribution is 7.91. The summed E-state index contributed by atoms with van der Waals surface area (Å²) in [4.78, 5) is 23.4. The van der Waals surface area contributed by atoms with E-state index in [1.807, 2.05) is 0 Å². The zero-order chi connectivity index (χ0) is 26.4. The highest BCUT2D eigenvalue weighted by Crippen LogP contribution is 2.28. The predicted molar refractivity (Wildman–Crippen MR) is 140 cm³/mol. The molecule has 2 aromatic carbocycles. The van der Waals surface area contributed by atoms with Gasteiger partial charge >= 0.3 is 0 Å². The van der Waals surface area contributed by atoms with Crippen LogP contribution in [0.5, 0.6) is 5.75 Å². The number of aromatic nitrogens is 2. The van der Waals surface area contributed by atoms with E-state index in [0.717, 1.165) is 19.6 Å². The number of hydrogen-bond acceptors (Lipinski definition) is 8. The normalized spacial score (nSPS) is 13.9. The van der Waals surface area contributed by atoms with Crippen molar-refractivity contribution in [3.8, 4) is 5.75 Å². The molecule has 2 N–H and O–H groups in total. The molecule has 0 aliphatic carbocycles. The summed E-state index contributed by atoms with van der Waals surface area (Å²) in [6.45, 7) is 2.89. The van der Waals surface area contributed by atoms with Gasteiger partial charge in [0, 0.05) is 5.69 Å². The molecule has 196 valence electrons. The molecular weight excluding hydrogens is 521 g/mol. The first-order valence-corrected chi connectivity index (χ1v) is 13.8. The number of sulfone groups is 1. The largest absolute Gasteiger partial charge is 0.494 e. The first-order valence-electron chi connectivity index (χ1n) is 11.7. The Balaban J connectivity index is 1.34. The van der Waals surface area contributed by atoms with Gasteiger partial charge in [-0.1, -0.05) is 11.6 Å². The van der Waals surface area contributed by atoms with Gasteiger partial charge in [0.2, 0.25) is 5.95 Å². The number of benzene rings is 2. The third kappa shape index (κ3) is 6.73. The highest BCUT2D eigenvalue weighted by atomic mass is 35.5. The Hall–Kier alpha value is -3.28. The van der Waals surface area contributed by atoms with Crippen LogP contribution in [0.3, 0.4) is 0 Å². The smallest absolute Gasteiger partial charge is 0.260 e.